The van der Waals surface area contributed by atoms with E-state index in [2.05, 4.69) is 24.2 Å². The van der Waals surface area contributed by atoms with E-state index < -0.39 is 5.97 Å². The summed E-state index contributed by atoms with van der Waals surface area (Å²) in [5, 5.41) is 15.3. The van der Waals surface area contributed by atoms with E-state index in [-0.39, 0.29) is 5.69 Å². The molecule has 0 saturated carbocycles. The monoisotopic (exact) mass is 334 g/mol. The molecule has 0 aliphatic carbocycles. The van der Waals surface area contributed by atoms with Crippen molar-refractivity contribution in [2.45, 2.75) is 6.92 Å². The largest absolute Gasteiger partial charge is 0.477 e. The van der Waals surface area contributed by atoms with Crippen molar-refractivity contribution in [1.29, 1.82) is 0 Å². The van der Waals surface area contributed by atoms with Gasteiger partial charge in [-0.1, -0.05) is 36.4 Å². The maximum atomic E-state index is 11.6. The SMILES string of the molecule is Cc1c(-c2cc(C(=O)O)n(-c3ccccc3)n2)sc2ccccc12. The molecule has 24 heavy (non-hydrogen) atoms. The smallest absolute Gasteiger partial charge is 0.354 e. The van der Waals surface area contributed by atoms with Gasteiger partial charge in [-0.25, -0.2) is 9.48 Å². The molecule has 0 radical (unpaired) electrons. The summed E-state index contributed by atoms with van der Waals surface area (Å²) in [6.45, 7) is 2.05. The van der Waals surface area contributed by atoms with Crippen molar-refractivity contribution in [3.05, 3.63) is 71.9 Å². The highest BCUT2D eigenvalue weighted by Gasteiger charge is 2.19. The Hall–Kier alpha value is -2.92. The standard InChI is InChI=1S/C19H14N2O2S/c1-12-14-9-5-6-10-17(14)24-18(12)15-11-16(19(22)23)21(20-15)13-7-3-2-4-8-13/h2-11H,1H3,(H,22,23). The maximum Gasteiger partial charge on any atom is 0.354 e. The number of hydrogen-bond acceptors (Lipinski definition) is 3. The first-order valence-corrected chi connectivity index (χ1v) is 8.34. The molecule has 4 rings (SSSR count). The molecule has 4 nitrogen and oxygen atoms in total. The molecule has 5 heteroatoms. The number of thiophene rings is 1. The van der Waals surface area contributed by atoms with Gasteiger partial charge in [0, 0.05) is 10.8 Å². The fourth-order valence-corrected chi connectivity index (χ4v) is 3.99. The van der Waals surface area contributed by atoms with Crippen LogP contribution < -0.4 is 0 Å². The zero-order valence-corrected chi connectivity index (χ0v) is 13.7. The van der Waals surface area contributed by atoms with Crippen LogP contribution in [0.5, 0.6) is 0 Å². The van der Waals surface area contributed by atoms with Crippen LogP contribution in [0.4, 0.5) is 0 Å². The van der Waals surface area contributed by atoms with E-state index in [1.807, 2.05) is 42.5 Å². The van der Waals surface area contributed by atoms with Crippen LogP contribution in [0.1, 0.15) is 16.1 Å². The molecule has 0 atom stereocenters. The van der Waals surface area contributed by atoms with Gasteiger partial charge in [-0.15, -0.1) is 11.3 Å². The van der Waals surface area contributed by atoms with Gasteiger partial charge in [-0.05, 0) is 36.1 Å². The normalized spacial score (nSPS) is 11.0. The summed E-state index contributed by atoms with van der Waals surface area (Å²) in [5.41, 5.74) is 2.72. The second-order valence-electron chi connectivity index (χ2n) is 5.52. The number of benzene rings is 2. The molecule has 0 amide bonds. The minimum Gasteiger partial charge on any atom is -0.477 e. The van der Waals surface area contributed by atoms with Crippen LogP contribution in [0.3, 0.4) is 0 Å². The molecule has 4 aromatic rings. The van der Waals surface area contributed by atoms with Crippen molar-refractivity contribution in [3.63, 3.8) is 0 Å². The minimum atomic E-state index is -0.989. The Balaban J connectivity index is 1.93. The lowest BCUT2D eigenvalue weighted by atomic mass is 10.1. The van der Waals surface area contributed by atoms with Crippen LogP contribution in [0.2, 0.25) is 0 Å². The second-order valence-corrected chi connectivity index (χ2v) is 6.57. The second kappa shape index (κ2) is 5.62. The molecule has 118 valence electrons. The van der Waals surface area contributed by atoms with Gasteiger partial charge in [0.1, 0.15) is 5.69 Å². The molecular weight excluding hydrogens is 320 g/mol. The van der Waals surface area contributed by atoms with Gasteiger partial charge in [0.15, 0.2) is 5.69 Å². The highest BCUT2D eigenvalue weighted by atomic mass is 32.1. The summed E-state index contributed by atoms with van der Waals surface area (Å²) < 4.78 is 2.66. The Morgan fingerprint density at radius 3 is 2.50 bits per heavy atom. The molecule has 2 heterocycles. The molecule has 1 N–H and O–H groups in total. The molecule has 0 spiro atoms. The molecule has 2 aromatic heterocycles. The third-order valence-corrected chi connectivity index (χ3v) is 5.30. The average molecular weight is 334 g/mol. The van der Waals surface area contributed by atoms with Crippen molar-refractivity contribution in [1.82, 2.24) is 9.78 Å². The van der Waals surface area contributed by atoms with E-state index in [4.69, 9.17) is 0 Å². The number of carboxylic acids is 1. The molecule has 0 fully saturated rings. The Morgan fingerprint density at radius 2 is 1.79 bits per heavy atom. The van der Waals surface area contributed by atoms with Gasteiger partial charge in [-0.2, -0.15) is 5.10 Å². The topological polar surface area (TPSA) is 55.1 Å². The van der Waals surface area contributed by atoms with Crippen molar-refractivity contribution in [3.8, 4) is 16.3 Å². The third kappa shape index (κ3) is 2.30. The van der Waals surface area contributed by atoms with Crippen molar-refractivity contribution >= 4 is 27.4 Å². The Bertz CT molecular complexity index is 1050. The summed E-state index contributed by atoms with van der Waals surface area (Å²) in [5.74, 6) is -0.989. The highest BCUT2D eigenvalue weighted by molar-refractivity contribution is 7.22. The van der Waals surface area contributed by atoms with E-state index in [0.717, 1.165) is 16.1 Å². The van der Waals surface area contributed by atoms with E-state index in [9.17, 15) is 9.90 Å². The first kappa shape index (κ1) is 14.7. The van der Waals surface area contributed by atoms with Gasteiger partial charge < -0.3 is 5.11 Å². The third-order valence-electron chi connectivity index (χ3n) is 4.01. The van der Waals surface area contributed by atoms with Crippen LogP contribution in [-0.2, 0) is 0 Å². The van der Waals surface area contributed by atoms with E-state index in [1.165, 1.54) is 14.8 Å². The molecule has 0 aliphatic rings. The van der Waals surface area contributed by atoms with Gasteiger partial charge in [0.05, 0.1) is 10.6 Å². The average Bonchev–Trinajstić information content (AvgIpc) is 3.18. The fraction of sp³-hybridized carbons (Fsp3) is 0.0526. The number of fused-ring (bicyclic) bond motifs is 1. The zero-order valence-electron chi connectivity index (χ0n) is 12.9. The minimum absolute atomic E-state index is 0.160. The summed E-state index contributed by atoms with van der Waals surface area (Å²) in [6, 6.07) is 19.1. The number of aromatic nitrogens is 2. The zero-order chi connectivity index (χ0) is 16.7. The van der Waals surface area contributed by atoms with E-state index >= 15 is 0 Å². The lowest BCUT2D eigenvalue weighted by molar-refractivity contribution is 0.0687. The maximum absolute atomic E-state index is 11.6. The van der Waals surface area contributed by atoms with Gasteiger partial charge in [-0.3, -0.25) is 0 Å². The predicted molar refractivity (Wildman–Crippen MR) is 96.1 cm³/mol. The lowest BCUT2D eigenvalue weighted by Gasteiger charge is -2.03. The highest BCUT2D eigenvalue weighted by Crippen LogP contribution is 2.37. The van der Waals surface area contributed by atoms with E-state index in [0.29, 0.717) is 5.69 Å². The molecule has 2 aromatic carbocycles. The lowest BCUT2D eigenvalue weighted by Crippen LogP contribution is -2.07. The molecular formula is C19H14N2O2S. The van der Waals surface area contributed by atoms with Crippen LogP contribution >= 0.6 is 11.3 Å². The predicted octanol–water partition coefficient (Wildman–Crippen LogP) is 4.76. The summed E-state index contributed by atoms with van der Waals surface area (Å²) >= 11 is 1.64. The number of aromatic carboxylic acids is 1. The number of hydrogen-bond donors (Lipinski definition) is 1. The van der Waals surface area contributed by atoms with Crippen LogP contribution in [-0.4, -0.2) is 20.9 Å². The molecule has 0 aliphatic heterocycles. The van der Waals surface area contributed by atoms with Gasteiger partial charge >= 0.3 is 5.97 Å². The van der Waals surface area contributed by atoms with Crippen molar-refractivity contribution in [2.75, 3.05) is 0 Å². The first-order valence-electron chi connectivity index (χ1n) is 7.52. The Morgan fingerprint density at radius 1 is 1.08 bits per heavy atom. The Labute approximate surface area is 142 Å². The summed E-state index contributed by atoms with van der Waals surface area (Å²) in [7, 11) is 0. The quantitative estimate of drug-likeness (QED) is 0.587. The first-order chi connectivity index (χ1) is 11.6. The van der Waals surface area contributed by atoms with Gasteiger partial charge in [0.25, 0.3) is 0 Å². The number of rotatable bonds is 3. The number of aryl methyl sites for hydroxylation is 1. The number of carbonyl (C=O) groups is 1. The van der Waals surface area contributed by atoms with Crippen LogP contribution in [0, 0.1) is 6.92 Å². The summed E-state index contributed by atoms with van der Waals surface area (Å²) in [6.07, 6.45) is 0. The number of para-hydroxylation sites is 1. The van der Waals surface area contributed by atoms with Gasteiger partial charge in [0.2, 0.25) is 0 Å². The fourth-order valence-electron chi connectivity index (χ4n) is 2.83. The molecule has 0 saturated heterocycles. The van der Waals surface area contributed by atoms with Crippen LogP contribution in [0.25, 0.3) is 26.3 Å². The van der Waals surface area contributed by atoms with Crippen LogP contribution in [0.15, 0.2) is 60.7 Å². The molecule has 0 bridgehead atoms. The van der Waals surface area contributed by atoms with Crippen molar-refractivity contribution in [2.24, 2.45) is 0 Å². The number of carboxylic acid groups (broad SMARTS) is 1. The number of nitrogens with zero attached hydrogens (tertiary/aromatic N) is 2. The van der Waals surface area contributed by atoms with Crippen molar-refractivity contribution < 1.29 is 9.90 Å². The summed E-state index contributed by atoms with van der Waals surface area (Å²) in [4.78, 5) is 12.6. The van der Waals surface area contributed by atoms with E-state index in [1.54, 1.807) is 17.4 Å². The Kier molecular flexibility index (Phi) is 3.43. The molecule has 0 unspecified atom stereocenters.